The molecule has 0 unspecified atom stereocenters. The Labute approximate surface area is 236 Å². The predicted octanol–water partition coefficient (Wildman–Crippen LogP) is 5.48. The fourth-order valence-electron chi connectivity index (χ4n) is 3.67. The number of benzene rings is 3. The SMILES string of the molecule is COc1ccc(C(=O)CSc2cccc(NC(=O)/C(=C/c3cccnc3)NC(=O)c3ccccc3)c2)cc1OC. The number of ether oxygens (including phenoxy) is 2. The van der Waals surface area contributed by atoms with Crippen molar-refractivity contribution in [3.8, 4) is 11.5 Å². The lowest BCUT2D eigenvalue weighted by molar-refractivity contribution is -0.113. The van der Waals surface area contributed by atoms with Gasteiger partial charge in [0.05, 0.1) is 20.0 Å². The van der Waals surface area contributed by atoms with Gasteiger partial charge in [-0.05, 0) is 66.2 Å². The van der Waals surface area contributed by atoms with Gasteiger partial charge in [-0.25, -0.2) is 0 Å². The Bertz CT molecular complexity index is 1520. The third kappa shape index (κ3) is 7.58. The molecule has 1 aromatic heterocycles. The van der Waals surface area contributed by atoms with Gasteiger partial charge in [-0.3, -0.25) is 19.4 Å². The van der Waals surface area contributed by atoms with Crippen molar-refractivity contribution in [3.05, 3.63) is 120 Å². The van der Waals surface area contributed by atoms with E-state index in [4.69, 9.17) is 9.47 Å². The van der Waals surface area contributed by atoms with Crippen LogP contribution in [0.4, 0.5) is 5.69 Å². The van der Waals surface area contributed by atoms with Crippen LogP contribution in [0.25, 0.3) is 6.08 Å². The first-order valence-electron chi connectivity index (χ1n) is 12.2. The number of thioether (sulfide) groups is 1. The molecule has 0 spiro atoms. The number of methoxy groups -OCH3 is 2. The Morgan fingerprint density at radius 1 is 0.850 bits per heavy atom. The first-order chi connectivity index (χ1) is 19.5. The zero-order chi connectivity index (χ0) is 28.3. The summed E-state index contributed by atoms with van der Waals surface area (Å²) in [5.41, 5.74) is 2.15. The van der Waals surface area contributed by atoms with E-state index in [0.717, 1.165) is 4.90 Å². The van der Waals surface area contributed by atoms with E-state index in [-0.39, 0.29) is 17.2 Å². The fourth-order valence-corrected chi connectivity index (χ4v) is 4.52. The van der Waals surface area contributed by atoms with Crippen LogP contribution in [0.5, 0.6) is 11.5 Å². The van der Waals surface area contributed by atoms with Crippen LogP contribution in [0.2, 0.25) is 0 Å². The molecule has 4 aromatic rings. The molecule has 40 heavy (non-hydrogen) atoms. The monoisotopic (exact) mass is 553 g/mol. The van der Waals surface area contributed by atoms with Crippen molar-refractivity contribution in [2.24, 2.45) is 0 Å². The topological polar surface area (TPSA) is 107 Å². The van der Waals surface area contributed by atoms with Gasteiger partial charge in [0.1, 0.15) is 5.70 Å². The quantitative estimate of drug-likeness (QED) is 0.144. The molecule has 3 aromatic carbocycles. The second kappa shape index (κ2) is 13.8. The van der Waals surface area contributed by atoms with Gasteiger partial charge in [-0.2, -0.15) is 0 Å². The number of nitrogens with one attached hydrogen (secondary N) is 2. The third-order valence-electron chi connectivity index (χ3n) is 5.69. The normalized spacial score (nSPS) is 10.9. The number of carbonyl (C=O) groups is 3. The van der Waals surface area contributed by atoms with E-state index in [1.807, 2.05) is 12.1 Å². The number of rotatable bonds is 11. The van der Waals surface area contributed by atoms with E-state index >= 15 is 0 Å². The molecule has 0 saturated heterocycles. The van der Waals surface area contributed by atoms with E-state index in [1.165, 1.54) is 26.0 Å². The Balaban J connectivity index is 1.46. The zero-order valence-corrected chi connectivity index (χ0v) is 22.7. The molecule has 202 valence electrons. The van der Waals surface area contributed by atoms with E-state index in [9.17, 15) is 14.4 Å². The number of amides is 2. The lowest BCUT2D eigenvalue weighted by Gasteiger charge is -2.12. The van der Waals surface area contributed by atoms with Gasteiger partial charge in [0.15, 0.2) is 17.3 Å². The maximum Gasteiger partial charge on any atom is 0.272 e. The number of anilines is 1. The lowest BCUT2D eigenvalue weighted by Crippen LogP contribution is -2.30. The fraction of sp³-hybridized carbons (Fsp3) is 0.0968. The third-order valence-corrected chi connectivity index (χ3v) is 6.69. The van der Waals surface area contributed by atoms with E-state index in [0.29, 0.717) is 33.9 Å². The van der Waals surface area contributed by atoms with Crippen molar-refractivity contribution in [1.29, 1.82) is 0 Å². The van der Waals surface area contributed by atoms with Crippen LogP contribution in [0, 0.1) is 0 Å². The lowest BCUT2D eigenvalue weighted by atomic mass is 10.1. The van der Waals surface area contributed by atoms with Crippen LogP contribution in [-0.4, -0.2) is 42.6 Å². The van der Waals surface area contributed by atoms with Crippen molar-refractivity contribution in [2.45, 2.75) is 4.90 Å². The first-order valence-corrected chi connectivity index (χ1v) is 13.2. The molecular formula is C31H27N3O5S. The van der Waals surface area contributed by atoms with Gasteiger partial charge in [0.2, 0.25) is 0 Å². The van der Waals surface area contributed by atoms with Gasteiger partial charge in [0, 0.05) is 34.1 Å². The standard InChI is InChI=1S/C31H27N3O5S/c1-38-28-14-13-23(17-29(28)39-2)27(35)20-40-25-12-6-11-24(18-25)33-31(37)26(16-21-8-7-15-32-19-21)34-30(36)22-9-4-3-5-10-22/h3-19H,20H2,1-2H3,(H,33,37)(H,34,36)/b26-16-. The van der Waals surface area contributed by atoms with Gasteiger partial charge >= 0.3 is 0 Å². The summed E-state index contributed by atoms with van der Waals surface area (Å²) in [6.45, 7) is 0. The average Bonchev–Trinajstić information content (AvgIpc) is 3.00. The largest absolute Gasteiger partial charge is 0.493 e. The molecule has 0 aliphatic rings. The molecule has 9 heteroatoms. The molecular weight excluding hydrogens is 526 g/mol. The Hall–Kier alpha value is -4.89. The molecule has 2 amide bonds. The highest BCUT2D eigenvalue weighted by Gasteiger charge is 2.16. The number of aromatic nitrogens is 1. The molecule has 0 saturated carbocycles. The molecule has 0 fully saturated rings. The highest BCUT2D eigenvalue weighted by Crippen LogP contribution is 2.29. The summed E-state index contributed by atoms with van der Waals surface area (Å²) in [4.78, 5) is 43.7. The number of carbonyl (C=O) groups excluding carboxylic acids is 3. The summed E-state index contributed by atoms with van der Waals surface area (Å²) in [5, 5.41) is 5.54. The number of pyridine rings is 1. The summed E-state index contributed by atoms with van der Waals surface area (Å²) in [7, 11) is 3.06. The van der Waals surface area contributed by atoms with Crippen LogP contribution >= 0.6 is 11.8 Å². The minimum Gasteiger partial charge on any atom is -0.493 e. The number of hydrogen-bond donors (Lipinski definition) is 2. The minimum absolute atomic E-state index is 0.0588. The van der Waals surface area contributed by atoms with Gasteiger partial charge in [-0.1, -0.05) is 30.3 Å². The van der Waals surface area contributed by atoms with E-state index in [1.54, 1.807) is 91.3 Å². The highest BCUT2D eigenvalue weighted by molar-refractivity contribution is 8.00. The van der Waals surface area contributed by atoms with Crippen LogP contribution in [0.1, 0.15) is 26.3 Å². The van der Waals surface area contributed by atoms with Gasteiger partial charge in [-0.15, -0.1) is 11.8 Å². The second-order valence-electron chi connectivity index (χ2n) is 8.43. The molecule has 0 bridgehead atoms. The van der Waals surface area contributed by atoms with Gasteiger partial charge in [0.25, 0.3) is 11.8 Å². The van der Waals surface area contributed by atoms with Crippen molar-refractivity contribution in [3.63, 3.8) is 0 Å². The van der Waals surface area contributed by atoms with Crippen molar-refractivity contribution >= 4 is 41.1 Å². The van der Waals surface area contributed by atoms with Crippen LogP contribution in [0.15, 0.2) is 108 Å². The maximum atomic E-state index is 13.3. The first kappa shape index (κ1) is 28.1. The summed E-state index contributed by atoms with van der Waals surface area (Å²) < 4.78 is 10.5. The molecule has 0 radical (unpaired) electrons. The highest BCUT2D eigenvalue weighted by atomic mass is 32.2. The summed E-state index contributed by atoms with van der Waals surface area (Å²) >= 11 is 1.34. The number of nitrogens with zero attached hydrogens (tertiary/aromatic N) is 1. The second-order valence-corrected chi connectivity index (χ2v) is 9.48. The van der Waals surface area contributed by atoms with Gasteiger partial charge < -0.3 is 20.1 Å². The number of ketones is 1. The van der Waals surface area contributed by atoms with Crippen LogP contribution < -0.4 is 20.1 Å². The van der Waals surface area contributed by atoms with E-state index < -0.39 is 11.8 Å². The molecule has 1 heterocycles. The summed E-state index contributed by atoms with van der Waals surface area (Å²) in [5.74, 6) is 0.225. The number of Topliss-reactive ketones (excluding diaryl/α,β-unsaturated/α-hetero) is 1. The van der Waals surface area contributed by atoms with Crippen molar-refractivity contribution in [2.75, 3.05) is 25.3 Å². The predicted molar refractivity (Wildman–Crippen MR) is 156 cm³/mol. The summed E-state index contributed by atoms with van der Waals surface area (Å²) in [6, 6.07) is 24.3. The van der Waals surface area contributed by atoms with Crippen LogP contribution in [-0.2, 0) is 4.79 Å². The minimum atomic E-state index is -0.503. The zero-order valence-electron chi connectivity index (χ0n) is 21.9. The Morgan fingerprint density at radius 2 is 1.65 bits per heavy atom. The molecule has 2 N–H and O–H groups in total. The molecule has 4 rings (SSSR count). The Morgan fingerprint density at radius 3 is 2.38 bits per heavy atom. The van der Waals surface area contributed by atoms with Crippen molar-refractivity contribution < 1.29 is 23.9 Å². The average molecular weight is 554 g/mol. The maximum absolute atomic E-state index is 13.3. The smallest absolute Gasteiger partial charge is 0.272 e. The van der Waals surface area contributed by atoms with Crippen molar-refractivity contribution in [1.82, 2.24) is 10.3 Å². The Kier molecular flexibility index (Phi) is 9.68. The molecule has 8 nitrogen and oxygen atoms in total. The number of hydrogen-bond acceptors (Lipinski definition) is 7. The van der Waals surface area contributed by atoms with Crippen LogP contribution in [0.3, 0.4) is 0 Å². The van der Waals surface area contributed by atoms with E-state index in [2.05, 4.69) is 15.6 Å². The summed E-state index contributed by atoms with van der Waals surface area (Å²) in [6.07, 6.45) is 4.77. The molecule has 0 aliphatic carbocycles. The molecule has 0 aliphatic heterocycles. The molecule has 0 atom stereocenters.